The first kappa shape index (κ1) is 27.9. The normalized spacial score (nSPS) is 17.5. The van der Waals surface area contributed by atoms with Crippen molar-refractivity contribution in [2.45, 2.75) is 15.2 Å². The summed E-state index contributed by atoms with van der Waals surface area (Å²) in [5.74, 6) is 0.538. The van der Waals surface area contributed by atoms with Crippen LogP contribution in [0.4, 0.5) is 5.69 Å². The zero-order valence-electron chi connectivity index (χ0n) is 23.0. The highest BCUT2D eigenvalue weighted by molar-refractivity contribution is 7.92. The van der Waals surface area contributed by atoms with Crippen molar-refractivity contribution in [1.82, 2.24) is 0 Å². The molecule has 1 aliphatic heterocycles. The van der Waals surface area contributed by atoms with Crippen molar-refractivity contribution in [2.24, 2.45) is 5.16 Å². The van der Waals surface area contributed by atoms with E-state index in [4.69, 9.17) is 9.57 Å². The van der Waals surface area contributed by atoms with E-state index in [0.717, 1.165) is 0 Å². The van der Waals surface area contributed by atoms with Crippen molar-refractivity contribution in [3.8, 4) is 5.75 Å². The number of rotatable bonds is 8. The van der Waals surface area contributed by atoms with Crippen molar-refractivity contribution in [2.75, 3.05) is 7.11 Å². The number of sulfone groups is 1. The summed E-state index contributed by atoms with van der Waals surface area (Å²) in [5.41, 5.74) is 0.594. The maximum absolute atomic E-state index is 15.3. The number of oxime groups is 1. The van der Waals surface area contributed by atoms with Gasteiger partial charge in [0.2, 0.25) is 9.84 Å². The van der Waals surface area contributed by atoms with Crippen LogP contribution >= 0.6 is 0 Å². The second kappa shape index (κ2) is 10.8. The highest BCUT2D eigenvalue weighted by Crippen LogP contribution is 2.60. The van der Waals surface area contributed by atoms with Crippen molar-refractivity contribution in [3.63, 3.8) is 0 Å². The molecule has 1 unspecified atom stereocenters. The summed E-state index contributed by atoms with van der Waals surface area (Å²) in [6.45, 7) is 0. The minimum absolute atomic E-state index is 0.0437. The minimum atomic E-state index is -4.43. The Kier molecular flexibility index (Phi) is 7.03. The summed E-state index contributed by atoms with van der Waals surface area (Å²) in [6.07, 6.45) is 0. The Morgan fingerprint density at radius 1 is 0.698 bits per heavy atom. The molecule has 1 atom stereocenters. The molecule has 43 heavy (non-hydrogen) atoms. The summed E-state index contributed by atoms with van der Waals surface area (Å²) in [7, 11) is -2.89. The number of benzene rings is 5. The summed E-state index contributed by atoms with van der Waals surface area (Å²) in [4.78, 5) is 15.3. The Hall–Kier alpha value is -5.28. The van der Waals surface area contributed by atoms with Crippen LogP contribution in [0.25, 0.3) is 0 Å². The van der Waals surface area contributed by atoms with Crippen LogP contribution in [0.5, 0.6) is 5.75 Å². The lowest BCUT2D eigenvalue weighted by atomic mass is 9.64. The van der Waals surface area contributed by atoms with Gasteiger partial charge in [-0.25, -0.2) is 8.42 Å². The molecule has 6 rings (SSSR count). The van der Waals surface area contributed by atoms with Gasteiger partial charge in [-0.1, -0.05) is 96.2 Å². The van der Waals surface area contributed by atoms with Gasteiger partial charge in [0.15, 0.2) is 0 Å². The SMILES string of the molecule is COc1ccc(C2(S(=O)(=O)c3ccccc3)ON=C(c3ccc([N+](=O)[O-])cc3)C2(c2ccccc2)c2ccccc2)cc1. The molecule has 0 fully saturated rings. The molecule has 5 aromatic carbocycles. The molecule has 0 N–H and O–H groups in total. The number of non-ortho nitro benzene ring substituents is 1. The second-order valence-corrected chi connectivity index (χ2v) is 12.0. The van der Waals surface area contributed by atoms with Crippen LogP contribution in [0.2, 0.25) is 0 Å². The Balaban J connectivity index is 1.79. The van der Waals surface area contributed by atoms with Gasteiger partial charge in [-0.15, -0.1) is 0 Å². The monoisotopic (exact) mass is 590 g/mol. The molecule has 0 aromatic heterocycles. The van der Waals surface area contributed by atoms with Gasteiger partial charge in [0.1, 0.15) is 16.9 Å². The lowest BCUT2D eigenvalue weighted by Gasteiger charge is -2.44. The lowest BCUT2D eigenvalue weighted by molar-refractivity contribution is -0.384. The second-order valence-electron chi connectivity index (χ2n) is 9.98. The summed E-state index contributed by atoms with van der Waals surface area (Å²) in [5, 5.41) is 16.1. The predicted octanol–water partition coefficient (Wildman–Crippen LogP) is 6.65. The van der Waals surface area contributed by atoms with E-state index in [1.165, 1.54) is 31.4 Å². The molecule has 0 aliphatic carbocycles. The van der Waals surface area contributed by atoms with E-state index in [1.54, 1.807) is 54.6 Å². The Morgan fingerprint density at radius 3 is 1.70 bits per heavy atom. The zero-order chi connectivity index (χ0) is 30.1. The number of methoxy groups -OCH3 is 1. The van der Waals surface area contributed by atoms with Crippen LogP contribution in [-0.4, -0.2) is 26.2 Å². The smallest absolute Gasteiger partial charge is 0.285 e. The molecular formula is C34H26N2O6S. The number of hydrogen-bond acceptors (Lipinski definition) is 7. The van der Waals surface area contributed by atoms with Gasteiger partial charge in [0.25, 0.3) is 10.6 Å². The highest BCUT2D eigenvalue weighted by Gasteiger charge is 2.71. The molecule has 1 aliphatic rings. The van der Waals surface area contributed by atoms with Gasteiger partial charge in [0, 0.05) is 23.3 Å². The topological polar surface area (TPSA) is 108 Å². The Bertz CT molecular complexity index is 1860. The number of hydrogen-bond donors (Lipinski definition) is 0. The first-order valence-corrected chi connectivity index (χ1v) is 14.9. The van der Waals surface area contributed by atoms with Gasteiger partial charge < -0.3 is 9.57 Å². The van der Waals surface area contributed by atoms with E-state index < -0.39 is 25.1 Å². The number of nitro groups is 1. The minimum Gasteiger partial charge on any atom is -0.497 e. The fourth-order valence-electron chi connectivity index (χ4n) is 5.86. The molecule has 9 heteroatoms. The molecule has 8 nitrogen and oxygen atoms in total. The first-order chi connectivity index (χ1) is 20.9. The van der Waals surface area contributed by atoms with E-state index in [9.17, 15) is 10.1 Å². The Morgan fingerprint density at radius 2 is 1.21 bits per heavy atom. The number of nitro benzene ring substituents is 1. The molecule has 0 radical (unpaired) electrons. The summed E-state index contributed by atoms with van der Waals surface area (Å²) >= 11 is 0. The maximum Gasteiger partial charge on any atom is 0.285 e. The average Bonchev–Trinajstić information content (AvgIpc) is 3.44. The van der Waals surface area contributed by atoms with Crippen LogP contribution in [0.15, 0.2) is 150 Å². The van der Waals surface area contributed by atoms with E-state index in [1.807, 2.05) is 60.7 Å². The third-order valence-electron chi connectivity index (χ3n) is 7.78. The molecule has 0 saturated carbocycles. The largest absolute Gasteiger partial charge is 0.497 e. The molecule has 0 amide bonds. The quantitative estimate of drug-likeness (QED) is 0.148. The molecular weight excluding hydrogens is 564 g/mol. The van der Waals surface area contributed by atoms with Crippen molar-refractivity contribution in [1.29, 1.82) is 0 Å². The van der Waals surface area contributed by atoms with Gasteiger partial charge >= 0.3 is 0 Å². The van der Waals surface area contributed by atoms with Gasteiger partial charge in [0.05, 0.1) is 16.9 Å². The molecule has 1 heterocycles. The number of ether oxygens (including phenoxy) is 1. The van der Waals surface area contributed by atoms with E-state index in [-0.39, 0.29) is 16.3 Å². The zero-order valence-corrected chi connectivity index (χ0v) is 23.8. The third kappa shape index (κ3) is 4.20. The Labute approximate surface area is 248 Å². The summed E-state index contributed by atoms with van der Waals surface area (Å²) < 4.78 is 36.0. The average molecular weight is 591 g/mol. The van der Waals surface area contributed by atoms with Crippen LogP contribution in [0.1, 0.15) is 22.3 Å². The molecule has 0 spiro atoms. The van der Waals surface area contributed by atoms with Gasteiger partial charge in [-0.3, -0.25) is 10.1 Å². The van der Waals surface area contributed by atoms with Crippen molar-refractivity contribution < 1.29 is 22.9 Å². The van der Waals surface area contributed by atoms with Crippen LogP contribution in [0, 0.1) is 10.1 Å². The molecule has 5 aromatic rings. The van der Waals surface area contributed by atoms with Crippen molar-refractivity contribution >= 4 is 21.2 Å². The van der Waals surface area contributed by atoms with Crippen molar-refractivity contribution in [3.05, 3.63) is 172 Å². The maximum atomic E-state index is 15.3. The van der Waals surface area contributed by atoms with E-state index in [2.05, 4.69) is 5.16 Å². The highest BCUT2D eigenvalue weighted by atomic mass is 32.2. The van der Waals surface area contributed by atoms with Gasteiger partial charge in [-0.2, -0.15) is 0 Å². The van der Waals surface area contributed by atoms with E-state index >= 15 is 8.42 Å². The van der Waals surface area contributed by atoms with Crippen LogP contribution in [0.3, 0.4) is 0 Å². The first-order valence-electron chi connectivity index (χ1n) is 13.4. The molecule has 214 valence electrons. The van der Waals surface area contributed by atoms with E-state index in [0.29, 0.717) is 28.0 Å². The fourth-order valence-corrected chi connectivity index (χ4v) is 8.03. The van der Waals surface area contributed by atoms with Crippen LogP contribution in [-0.2, 0) is 25.0 Å². The predicted molar refractivity (Wildman–Crippen MR) is 163 cm³/mol. The third-order valence-corrected chi connectivity index (χ3v) is 10.0. The standard InChI is InChI=1S/C34H26N2O6S/c1-41-30-23-19-28(20-24-30)34(43(39,40)31-15-9-4-10-16-31)33(26-11-5-2-6-12-26,27-13-7-3-8-14-27)32(35-42-34)25-17-21-29(22-18-25)36(37)38/h2-24H,1H3. The fraction of sp³-hybridized carbons (Fsp3) is 0.0882. The lowest BCUT2D eigenvalue weighted by Crippen LogP contribution is -2.57. The molecule has 0 saturated heterocycles. The van der Waals surface area contributed by atoms with Gasteiger partial charge in [-0.05, 0) is 47.5 Å². The summed E-state index contributed by atoms with van der Waals surface area (Å²) in [6, 6.07) is 39.2. The molecule has 0 bridgehead atoms. The number of nitrogens with zero attached hydrogens (tertiary/aromatic N) is 2. The van der Waals surface area contributed by atoms with Crippen LogP contribution < -0.4 is 4.74 Å².